The van der Waals surface area contributed by atoms with E-state index >= 15 is 0 Å². The molecule has 2 aromatic rings. The Kier molecular flexibility index (Phi) is 5.90. The van der Waals surface area contributed by atoms with E-state index in [0.717, 1.165) is 43.8 Å². The first-order chi connectivity index (χ1) is 13.6. The van der Waals surface area contributed by atoms with E-state index in [1.165, 1.54) is 15.2 Å². The number of thiophene rings is 1. The lowest BCUT2D eigenvalue weighted by Gasteiger charge is -2.40. The van der Waals surface area contributed by atoms with E-state index in [4.69, 9.17) is 9.47 Å². The number of tetrazole rings is 1. The van der Waals surface area contributed by atoms with Gasteiger partial charge in [-0.25, -0.2) is 0 Å². The number of hydrogen-bond acceptors (Lipinski definition) is 8. The number of morpholine rings is 1. The summed E-state index contributed by atoms with van der Waals surface area (Å²) in [5.74, 6) is 0.577. The normalized spacial score (nSPS) is 23.5. The number of carbonyl (C=O) groups is 1. The predicted octanol–water partition coefficient (Wildman–Crippen LogP) is 1.06. The lowest BCUT2D eigenvalue weighted by Crippen LogP contribution is -2.44. The van der Waals surface area contributed by atoms with Crippen LogP contribution in [0.4, 0.5) is 0 Å². The molecule has 2 saturated heterocycles. The highest BCUT2D eigenvalue weighted by Gasteiger charge is 2.41. The van der Waals surface area contributed by atoms with Crippen molar-refractivity contribution in [1.82, 2.24) is 30.4 Å². The van der Waals surface area contributed by atoms with Crippen molar-refractivity contribution in [2.75, 3.05) is 39.4 Å². The Morgan fingerprint density at radius 3 is 2.93 bits per heavy atom. The average molecular weight is 441 g/mol. The van der Waals surface area contributed by atoms with E-state index in [1.54, 1.807) is 18.4 Å². The van der Waals surface area contributed by atoms with Crippen molar-refractivity contribution in [3.8, 4) is 0 Å². The smallest absolute Gasteiger partial charge is 0.264 e. The molecule has 0 aliphatic carbocycles. The van der Waals surface area contributed by atoms with Gasteiger partial charge in [0.2, 0.25) is 5.82 Å². The van der Waals surface area contributed by atoms with E-state index in [1.807, 2.05) is 4.90 Å². The Labute approximate surface area is 179 Å². The molecular weight excluding hydrogens is 416 g/mol. The van der Waals surface area contributed by atoms with Gasteiger partial charge in [0.1, 0.15) is 11.7 Å². The zero-order chi connectivity index (χ0) is 19.1. The van der Waals surface area contributed by atoms with Crippen LogP contribution < -0.4 is 5.32 Å². The lowest BCUT2D eigenvalue weighted by atomic mass is 9.86. The van der Waals surface area contributed by atoms with Gasteiger partial charge >= 0.3 is 0 Å². The zero-order valence-corrected chi connectivity index (χ0v) is 17.9. The van der Waals surface area contributed by atoms with Crippen LogP contribution in [-0.2, 0) is 28.5 Å². The van der Waals surface area contributed by atoms with Crippen LogP contribution in [0, 0.1) is 0 Å². The van der Waals surface area contributed by atoms with Gasteiger partial charge in [-0.3, -0.25) is 4.79 Å². The minimum Gasteiger partial charge on any atom is -0.369 e. The number of aromatic nitrogens is 4. The maximum absolute atomic E-state index is 13.2. The van der Waals surface area contributed by atoms with Gasteiger partial charge in [0.05, 0.1) is 31.7 Å². The third kappa shape index (κ3) is 3.79. The second-order valence-corrected chi connectivity index (χ2v) is 8.61. The Hall–Kier alpha value is -1.59. The Bertz CT molecular complexity index is 881. The summed E-state index contributed by atoms with van der Waals surface area (Å²) in [6, 6.07) is 2.08. The average Bonchev–Trinajstić information content (AvgIpc) is 3.36. The third-order valence-electron chi connectivity index (χ3n) is 5.76. The Morgan fingerprint density at radius 2 is 2.17 bits per heavy atom. The van der Waals surface area contributed by atoms with Crippen molar-refractivity contribution >= 4 is 29.7 Å². The van der Waals surface area contributed by atoms with Gasteiger partial charge in [-0.15, -0.1) is 33.9 Å². The van der Waals surface area contributed by atoms with Crippen LogP contribution in [0.2, 0.25) is 0 Å². The van der Waals surface area contributed by atoms with Gasteiger partial charge in [0, 0.05) is 11.4 Å². The molecule has 0 saturated carbocycles. The molecule has 2 fully saturated rings. The van der Waals surface area contributed by atoms with E-state index in [9.17, 15) is 4.79 Å². The van der Waals surface area contributed by atoms with Crippen molar-refractivity contribution in [2.45, 2.75) is 31.0 Å². The van der Waals surface area contributed by atoms with E-state index in [-0.39, 0.29) is 30.0 Å². The van der Waals surface area contributed by atoms with Crippen LogP contribution in [-0.4, -0.2) is 70.4 Å². The molecule has 5 heterocycles. The molecule has 5 rings (SSSR count). The van der Waals surface area contributed by atoms with Crippen LogP contribution in [0.15, 0.2) is 6.07 Å². The minimum atomic E-state index is -0.333. The molecule has 1 unspecified atom stereocenters. The molecule has 1 amide bonds. The van der Waals surface area contributed by atoms with Crippen LogP contribution in [0.25, 0.3) is 0 Å². The molecule has 3 aliphatic rings. The topological polar surface area (TPSA) is 94.4 Å². The molecule has 1 spiro atoms. The molecule has 1 atom stereocenters. The third-order valence-corrected chi connectivity index (χ3v) is 7.11. The number of nitrogens with one attached hydrogen (secondary N) is 1. The first kappa shape index (κ1) is 20.7. The number of nitrogens with zero attached hydrogens (tertiary/aromatic N) is 5. The maximum atomic E-state index is 13.2. The van der Waals surface area contributed by atoms with Crippen LogP contribution >= 0.6 is 23.7 Å². The van der Waals surface area contributed by atoms with Gasteiger partial charge in [-0.2, -0.15) is 4.80 Å². The first-order valence-electron chi connectivity index (χ1n) is 9.77. The fourth-order valence-electron chi connectivity index (χ4n) is 4.30. The second-order valence-electron chi connectivity index (χ2n) is 7.56. The van der Waals surface area contributed by atoms with E-state index < -0.39 is 0 Å². The number of rotatable bonds is 2. The SMILES string of the molecule is Cl.Cn1nnc(C2CN(C(=O)c3cc4c(s3)C3(CCNCC3)OCC4)CCO2)n1. The highest BCUT2D eigenvalue weighted by Crippen LogP contribution is 2.44. The summed E-state index contributed by atoms with van der Waals surface area (Å²) in [4.78, 5) is 18.5. The fraction of sp³-hybridized carbons (Fsp3) is 0.667. The van der Waals surface area contributed by atoms with Crippen molar-refractivity contribution in [1.29, 1.82) is 0 Å². The Morgan fingerprint density at radius 1 is 1.34 bits per heavy atom. The summed E-state index contributed by atoms with van der Waals surface area (Å²) in [6.07, 6.45) is 2.47. The van der Waals surface area contributed by atoms with Gasteiger partial charge in [0.15, 0.2) is 0 Å². The van der Waals surface area contributed by atoms with E-state index in [0.29, 0.717) is 25.5 Å². The highest BCUT2D eigenvalue weighted by molar-refractivity contribution is 7.14. The van der Waals surface area contributed by atoms with Crippen LogP contribution in [0.1, 0.15) is 44.9 Å². The number of hydrogen-bond donors (Lipinski definition) is 1. The van der Waals surface area contributed by atoms with Crippen LogP contribution in [0.5, 0.6) is 0 Å². The van der Waals surface area contributed by atoms with Crippen molar-refractivity contribution < 1.29 is 14.3 Å². The highest BCUT2D eigenvalue weighted by atomic mass is 35.5. The zero-order valence-electron chi connectivity index (χ0n) is 16.3. The minimum absolute atomic E-state index is 0. The molecule has 1 N–H and O–H groups in total. The summed E-state index contributed by atoms with van der Waals surface area (Å²) in [7, 11) is 1.72. The van der Waals surface area contributed by atoms with Crippen molar-refractivity contribution in [3.05, 3.63) is 27.2 Å². The fourth-order valence-corrected chi connectivity index (χ4v) is 5.68. The number of fused-ring (bicyclic) bond motifs is 2. The standard InChI is InChI=1S/C18H24N6O3S.ClH/c1-23-21-16(20-22-23)13-11-24(7-9-26-13)17(25)14-10-12-2-8-27-18(15(12)28-14)3-5-19-6-4-18;/h10,13,19H,2-9,11H2,1H3;1H. The molecule has 0 radical (unpaired) electrons. The second kappa shape index (κ2) is 8.27. The summed E-state index contributed by atoms with van der Waals surface area (Å²) in [5.41, 5.74) is 1.07. The van der Waals surface area contributed by atoms with Gasteiger partial charge < -0.3 is 19.7 Å². The molecule has 11 heteroatoms. The molecule has 9 nitrogen and oxygen atoms in total. The maximum Gasteiger partial charge on any atom is 0.264 e. The van der Waals surface area contributed by atoms with Gasteiger partial charge in [-0.1, -0.05) is 0 Å². The number of halogens is 1. The molecule has 29 heavy (non-hydrogen) atoms. The van der Waals surface area contributed by atoms with Crippen molar-refractivity contribution in [2.24, 2.45) is 7.05 Å². The van der Waals surface area contributed by atoms with Crippen LogP contribution in [0.3, 0.4) is 0 Å². The Balaban J connectivity index is 0.00000205. The molecule has 2 aromatic heterocycles. The van der Waals surface area contributed by atoms with Crippen molar-refractivity contribution in [3.63, 3.8) is 0 Å². The number of piperidine rings is 1. The lowest BCUT2D eigenvalue weighted by molar-refractivity contribution is -0.0771. The number of aryl methyl sites for hydroxylation is 1. The van der Waals surface area contributed by atoms with E-state index in [2.05, 4.69) is 26.8 Å². The largest absolute Gasteiger partial charge is 0.369 e. The summed E-state index contributed by atoms with van der Waals surface area (Å²) >= 11 is 1.61. The number of amides is 1. The van der Waals surface area contributed by atoms with Gasteiger partial charge in [-0.05, 0) is 49.2 Å². The summed E-state index contributed by atoms with van der Waals surface area (Å²) in [5, 5.41) is 15.5. The van der Waals surface area contributed by atoms with Gasteiger partial charge in [0.25, 0.3) is 5.91 Å². The number of carbonyl (C=O) groups excluding carboxylic acids is 1. The molecule has 3 aliphatic heterocycles. The molecule has 0 bridgehead atoms. The monoisotopic (exact) mass is 440 g/mol. The summed E-state index contributed by atoms with van der Waals surface area (Å²) in [6.45, 7) is 4.13. The number of ether oxygens (including phenoxy) is 2. The first-order valence-corrected chi connectivity index (χ1v) is 10.6. The molecular formula is C18H25ClN6O3S. The molecule has 158 valence electrons. The quantitative estimate of drug-likeness (QED) is 0.746. The summed E-state index contributed by atoms with van der Waals surface area (Å²) < 4.78 is 12.0. The predicted molar refractivity (Wildman–Crippen MR) is 108 cm³/mol. The molecule has 0 aromatic carbocycles.